The third-order valence-corrected chi connectivity index (χ3v) is 4.16. The summed E-state index contributed by atoms with van der Waals surface area (Å²) in [5.41, 5.74) is 17.3. The van der Waals surface area contributed by atoms with Crippen molar-refractivity contribution < 1.29 is 18.3 Å². The van der Waals surface area contributed by atoms with Gasteiger partial charge in [-0.25, -0.2) is 33.2 Å². The first-order chi connectivity index (χ1) is 14.3. The molecule has 0 aliphatic heterocycles. The third kappa shape index (κ3) is 3.41. The van der Waals surface area contributed by atoms with Crippen molar-refractivity contribution in [2.45, 2.75) is 6.54 Å². The van der Waals surface area contributed by atoms with Gasteiger partial charge in [-0.05, 0) is 12.1 Å². The van der Waals surface area contributed by atoms with Crippen LogP contribution in [0.4, 0.5) is 25.2 Å². The molecule has 0 aliphatic rings. The van der Waals surface area contributed by atoms with E-state index in [1.54, 1.807) is 18.2 Å². The van der Waals surface area contributed by atoms with Gasteiger partial charge in [-0.15, -0.1) is 0 Å². The van der Waals surface area contributed by atoms with Gasteiger partial charge in [0.15, 0.2) is 23.1 Å². The van der Waals surface area contributed by atoms with Gasteiger partial charge in [0, 0.05) is 5.56 Å². The maximum atomic E-state index is 14.1. The van der Waals surface area contributed by atoms with Gasteiger partial charge in [0.25, 0.3) is 0 Å². The van der Waals surface area contributed by atoms with Crippen molar-refractivity contribution in [2.75, 3.05) is 11.5 Å². The van der Waals surface area contributed by atoms with Crippen molar-refractivity contribution in [3.05, 3.63) is 53.7 Å². The van der Waals surface area contributed by atoms with E-state index in [2.05, 4.69) is 20.1 Å². The first kappa shape index (κ1) is 19.0. The molecule has 0 saturated carbocycles. The Balaban J connectivity index is 1.87. The Morgan fingerprint density at radius 1 is 1.13 bits per heavy atom. The van der Waals surface area contributed by atoms with Gasteiger partial charge in [-0.1, -0.05) is 18.2 Å². The smallest absolute Gasteiger partial charge is 0.403 e. The summed E-state index contributed by atoms with van der Waals surface area (Å²) in [6.45, 7) is 0.0235. The molecule has 152 valence electrons. The van der Waals surface area contributed by atoms with Gasteiger partial charge in [0.1, 0.15) is 17.3 Å². The molecule has 6 N–H and O–H groups in total. The number of nitrogen functional groups attached to an aromatic ring is 2. The number of hydrogen-bond acceptors (Lipinski definition) is 8. The minimum atomic E-state index is -1.14. The Labute approximate surface area is 167 Å². The average Bonchev–Trinajstić information content (AvgIpc) is 3.03. The van der Waals surface area contributed by atoms with Crippen molar-refractivity contribution in [1.29, 1.82) is 0 Å². The van der Waals surface area contributed by atoms with Crippen LogP contribution in [0.2, 0.25) is 0 Å². The number of anilines is 2. The summed E-state index contributed by atoms with van der Waals surface area (Å²) in [5.74, 6) is -1.95. The first-order valence-corrected chi connectivity index (χ1v) is 8.49. The maximum absolute atomic E-state index is 14.1. The van der Waals surface area contributed by atoms with E-state index >= 15 is 0 Å². The predicted molar refractivity (Wildman–Crippen MR) is 103 cm³/mol. The quantitative estimate of drug-likeness (QED) is 0.457. The Kier molecular flexibility index (Phi) is 4.58. The number of pyridine rings is 1. The molecule has 0 bridgehead atoms. The lowest BCUT2D eigenvalue weighted by Crippen LogP contribution is -2.19. The molecule has 0 spiro atoms. The molecule has 30 heavy (non-hydrogen) atoms. The van der Waals surface area contributed by atoms with Gasteiger partial charge in [-0.2, -0.15) is 5.10 Å². The van der Waals surface area contributed by atoms with E-state index in [4.69, 9.17) is 21.9 Å². The van der Waals surface area contributed by atoms with Crippen LogP contribution in [-0.2, 0) is 6.54 Å². The summed E-state index contributed by atoms with van der Waals surface area (Å²) < 4.78 is 34.0. The number of benzene rings is 1. The highest BCUT2D eigenvalue weighted by Crippen LogP contribution is 2.32. The third-order valence-electron chi connectivity index (χ3n) is 4.16. The van der Waals surface area contributed by atoms with Crippen LogP contribution in [0, 0.1) is 11.6 Å². The van der Waals surface area contributed by atoms with Crippen LogP contribution >= 0.6 is 0 Å². The number of ether oxygens (including phenoxy) is 1. The van der Waals surface area contributed by atoms with Gasteiger partial charge < -0.3 is 21.9 Å². The van der Waals surface area contributed by atoms with Crippen molar-refractivity contribution in [3.63, 3.8) is 0 Å². The molecule has 1 amide bonds. The Bertz CT molecular complexity index is 1270. The summed E-state index contributed by atoms with van der Waals surface area (Å²) in [4.78, 5) is 23.1. The number of carbonyl (C=O) groups excluding carboxylic acids is 1. The second-order valence-electron chi connectivity index (χ2n) is 6.19. The maximum Gasteiger partial charge on any atom is 0.410 e. The van der Waals surface area contributed by atoms with Gasteiger partial charge in [-0.3, -0.25) is 0 Å². The van der Waals surface area contributed by atoms with Crippen LogP contribution in [0.3, 0.4) is 0 Å². The standard InChI is InChI=1S/C18H14F2N8O2/c19-9-5-10-12(16-25-14(21)13(15(22)26-16)30-18(23)29)27-28(17(10)24-6-9)7-8-3-1-2-4-11(8)20/h1-6H,7H2,(H2,23,29)(H4,21,22,25,26). The zero-order chi connectivity index (χ0) is 21.4. The summed E-state index contributed by atoms with van der Waals surface area (Å²) in [6.07, 6.45) is -0.130. The topological polar surface area (TPSA) is 161 Å². The molecule has 4 aromatic rings. The fraction of sp³-hybridized carbons (Fsp3) is 0.0556. The number of fused-ring (bicyclic) bond motifs is 1. The van der Waals surface area contributed by atoms with E-state index in [0.29, 0.717) is 5.56 Å². The highest BCUT2D eigenvalue weighted by Gasteiger charge is 2.21. The van der Waals surface area contributed by atoms with E-state index in [1.165, 1.54) is 16.8 Å². The number of primary amides is 1. The van der Waals surface area contributed by atoms with Crippen molar-refractivity contribution in [2.24, 2.45) is 5.73 Å². The van der Waals surface area contributed by atoms with Crippen molar-refractivity contribution >= 4 is 28.8 Å². The molecule has 3 aromatic heterocycles. The summed E-state index contributed by atoms with van der Waals surface area (Å²) in [6, 6.07) is 7.34. The van der Waals surface area contributed by atoms with Crippen LogP contribution < -0.4 is 21.9 Å². The Morgan fingerprint density at radius 3 is 2.50 bits per heavy atom. The lowest BCUT2D eigenvalue weighted by Gasteiger charge is -2.08. The molecule has 10 nitrogen and oxygen atoms in total. The Morgan fingerprint density at radius 2 is 1.83 bits per heavy atom. The fourth-order valence-corrected chi connectivity index (χ4v) is 2.89. The number of nitrogens with zero attached hydrogens (tertiary/aromatic N) is 5. The molecule has 0 radical (unpaired) electrons. The van der Waals surface area contributed by atoms with Crippen LogP contribution in [0.5, 0.6) is 5.75 Å². The van der Waals surface area contributed by atoms with E-state index < -0.39 is 17.7 Å². The summed E-state index contributed by atoms with van der Waals surface area (Å²) in [7, 11) is 0. The lowest BCUT2D eigenvalue weighted by molar-refractivity contribution is 0.211. The second-order valence-corrected chi connectivity index (χ2v) is 6.19. The molecule has 0 atom stereocenters. The van der Waals surface area contributed by atoms with Crippen LogP contribution in [0.1, 0.15) is 5.56 Å². The second kappa shape index (κ2) is 7.24. The number of aromatic nitrogens is 5. The molecule has 0 unspecified atom stereocenters. The number of halogens is 2. The van der Waals surface area contributed by atoms with E-state index in [-0.39, 0.29) is 46.5 Å². The fourth-order valence-electron chi connectivity index (χ4n) is 2.89. The number of hydrogen-bond donors (Lipinski definition) is 3. The van der Waals surface area contributed by atoms with Crippen molar-refractivity contribution in [3.8, 4) is 17.3 Å². The van der Waals surface area contributed by atoms with Crippen LogP contribution in [0.15, 0.2) is 36.5 Å². The minimum absolute atomic E-state index is 0.0235. The molecule has 1 aromatic carbocycles. The molecule has 4 rings (SSSR count). The zero-order valence-corrected chi connectivity index (χ0v) is 15.2. The van der Waals surface area contributed by atoms with E-state index in [0.717, 1.165) is 6.20 Å². The van der Waals surface area contributed by atoms with Gasteiger partial charge >= 0.3 is 6.09 Å². The van der Waals surface area contributed by atoms with E-state index in [1.807, 2.05) is 0 Å². The largest absolute Gasteiger partial charge is 0.410 e. The van der Waals surface area contributed by atoms with E-state index in [9.17, 15) is 13.6 Å². The SMILES string of the molecule is NC(=O)Oc1c(N)nc(-c2nn(Cc3ccccc3F)c3ncc(F)cc23)nc1N. The lowest BCUT2D eigenvalue weighted by atomic mass is 10.2. The molecule has 0 saturated heterocycles. The van der Waals surface area contributed by atoms with Gasteiger partial charge in [0.2, 0.25) is 5.75 Å². The van der Waals surface area contributed by atoms with Gasteiger partial charge in [0.05, 0.1) is 18.1 Å². The number of rotatable bonds is 4. The molecule has 0 aliphatic carbocycles. The Hall–Kier alpha value is -4.35. The number of carbonyl (C=O) groups is 1. The molecular weight excluding hydrogens is 398 g/mol. The van der Waals surface area contributed by atoms with Crippen LogP contribution in [-0.4, -0.2) is 30.8 Å². The predicted octanol–water partition coefficient (Wildman–Crippen LogP) is 1.84. The van der Waals surface area contributed by atoms with Crippen LogP contribution in [0.25, 0.3) is 22.6 Å². The highest BCUT2D eigenvalue weighted by molar-refractivity contribution is 5.90. The minimum Gasteiger partial charge on any atom is -0.403 e. The molecule has 12 heteroatoms. The molecule has 0 fully saturated rings. The highest BCUT2D eigenvalue weighted by atomic mass is 19.1. The first-order valence-electron chi connectivity index (χ1n) is 8.49. The molecular formula is C18H14F2N8O2. The average molecular weight is 412 g/mol. The summed E-state index contributed by atoms with van der Waals surface area (Å²) >= 11 is 0. The normalized spacial score (nSPS) is 11.0. The van der Waals surface area contributed by atoms with Crippen molar-refractivity contribution in [1.82, 2.24) is 24.7 Å². The monoisotopic (exact) mass is 412 g/mol. The molecule has 3 heterocycles. The summed E-state index contributed by atoms with van der Waals surface area (Å²) in [5, 5.41) is 4.62. The zero-order valence-electron chi connectivity index (χ0n) is 15.2. The number of nitrogens with two attached hydrogens (primary N) is 3. The number of amides is 1.